The molecule has 0 spiro atoms. The normalized spacial score (nSPS) is 11.7. The van der Waals surface area contributed by atoms with Crippen LogP contribution in [0.25, 0.3) is 0 Å². The predicted molar refractivity (Wildman–Crippen MR) is 97.1 cm³/mol. The van der Waals surface area contributed by atoms with Gasteiger partial charge in [0.1, 0.15) is 5.82 Å². The summed E-state index contributed by atoms with van der Waals surface area (Å²) >= 11 is 0. The lowest BCUT2D eigenvalue weighted by molar-refractivity contribution is -0.123. The molecule has 0 bridgehead atoms. The van der Waals surface area contributed by atoms with Crippen molar-refractivity contribution in [2.75, 3.05) is 19.0 Å². The number of halogens is 1. The second-order valence-corrected chi connectivity index (χ2v) is 5.73. The standard InChI is InChI=1S/C19H22FN3O3/c1-26-17(11-21)10-18(24)22-12-13-2-8-16(9-3-13)23-19(25)14-4-6-15(20)7-5-14/h2-9,17H,10-12,21H2,1H3,(H,22,24)(H,23,25). The molecular weight excluding hydrogens is 337 g/mol. The van der Waals surface area contributed by atoms with Gasteiger partial charge >= 0.3 is 0 Å². The maximum Gasteiger partial charge on any atom is 0.255 e. The monoisotopic (exact) mass is 359 g/mol. The number of benzene rings is 2. The number of amides is 2. The SMILES string of the molecule is COC(CN)CC(=O)NCc1ccc(NC(=O)c2ccc(F)cc2)cc1. The number of carbonyl (C=O) groups excluding carboxylic acids is 2. The Morgan fingerprint density at radius 1 is 1.12 bits per heavy atom. The second kappa shape index (κ2) is 9.65. The van der Waals surface area contributed by atoms with Crippen LogP contribution in [-0.4, -0.2) is 31.6 Å². The summed E-state index contributed by atoms with van der Waals surface area (Å²) < 4.78 is 18.0. The first-order valence-corrected chi connectivity index (χ1v) is 8.17. The first-order chi connectivity index (χ1) is 12.5. The van der Waals surface area contributed by atoms with Gasteiger partial charge in [-0.25, -0.2) is 4.39 Å². The molecule has 0 heterocycles. The minimum Gasteiger partial charge on any atom is -0.380 e. The van der Waals surface area contributed by atoms with Crippen LogP contribution < -0.4 is 16.4 Å². The molecule has 0 aliphatic rings. The van der Waals surface area contributed by atoms with Crippen LogP contribution in [0.3, 0.4) is 0 Å². The van der Waals surface area contributed by atoms with Crippen molar-refractivity contribution in [1.82, 2.24) is 5.32 Å². The molecule has 6 nitrogen and oxygen atoms in total. The largest absolute Gasteiger partial charge is 0.380 e. The van der Waals surface area contributed by atoms with Crippen LogP contribution in [0.1, 0.15) is 22.3 Å². The van der Waals surface area contributed by atoms with Gasteiger partial charge in [0, 0.05) is 31.5 Å². The van der Waals surface area contributed by atoms with Crippen LogP contribution in [0.2, 0.25) is 0 Å². The average Bonchev–Trinajstić information content (AvgIpc) is 2.66. The van der Waals surface area contributed by atoms with Crippen LogP contribution in [0.4, 0.5) is 10.1 Å². The van der Waals surface area contributed by atoms with E-state index in [1.165, 1.54) is 31.4 Å². The molecule has 2 amide bonds. The highest BCUT2D eigenvalue weighted by Gasteiger charge is 2.11. The van der Waals surface area contributed by atoms with E-state index >= 15 is 0 Å². The minimum atomic E-state index is -0.392. The van der Waals surface area contributed by atoms with Gasteiger partial charge in [-0.3, -0.25) is 9.59 Å². The number of hydrogen-bond acceptors (Lipinski definition) is 4. The third-order valence-corrected chi connectivity index (χ3v) is 3.82. The molecule has 26 heavy (non-hydrogen) atoms. The highest BCUT2D eigenvalue weighted by molar-refractivity contribution is 6.04. The van der Waals surface area contributed by atoms with Crippen LogP contribution in [0.5, 0.6) is 0 Å². The van der Waals surface area contributed by atoms with Crippen LogP contribution in [0.15, 0.2) is 48.5 Å². The van der Waals surface area contributed by atoms with Gasteiger partial charge < -0.3 is 21.1 Å². The number of nitrogens with one attached hydrogen (secondary N) is 2. The molecule has 0 aliphatic carbocycles. The van der Waals surface area contributed by atoms with Crippen molar-refractivity contribution in [3.05, 3.63) is 65.5 Å². The van der Waals surface area contributed by atoms with E-state index in [1.54, 1.807) is 24.3 Å². The third kappa shape index (κ3) is 5.94. The van der Waals surface area contributed by atoms with Crippen molar-refractivity contribution in [3.8, 4) is 0 Å². The Morgan fingerprint density at radius 3 is 2.35 bits per heavy atom. The Kier molecular flexibility index (Phi) is 7.25. The van der Waals surface area contributed by atoms with Crippen molar-refractivity contribution >= 4 is 17.5 Å². The molecule has 0 saturated carbocycles. The molecule has 2 rings (SSSR count). The van der Waals surface area contributed by atoms with Gasteiger partial charge in [-0.15, -0.1) is 0 Å². The van der Waals surface area contributed by atoms with E-state index in [4.69, 9.17) is 10.5 Å². The quantitative estimate of drug-likeness (QED) is 0.672. The van der Waals surface area contributed by atoms with Crippen molar-refractivity contribution in [3.63, 3.8) is 0 Å². The van der Waals surface area contributed by atoms with E-state index in [1.807, 2.05) is 0 Å². The van der Waals surface area contributed by atoms with E-state index < -0.39 is 5.82 Å². The summed E-state index contributed by atoms with van der Waals surface area (Å²) in [6, 6.07) is 12.4. The van der Waals surface area contributed by atoms with Gasteiger partial charge in [0.05, 0.1) is 12.5 Å². The molecule has 2 aromatic carbocycles. The number of ether oxygens (including phenoxy) is 1. The Balaban J connectivity index is 1.85. The number of nitrogens with two attached hydrogens (primary N) is 1. The fraction of sp³-hybridized carbons (Fsp3) is 0.263. The van der Waals surface area contributed by atoms with Gasteiger partial charge in [-0.05, 0) is 42.0 Å². The Morgan fingerprint density at radius 2 is 1.77 bits per heavy atom. The van der Waals surface area contributed by atoms with Crippen molar-refractivity contribution < 1.29 is 18.7 Å². The molecule has 1 atom stereocenters. The summed E-state index contributed by atoms with van der Waals surface area (Å²) in [5.74, 6) is -0.856. The number of anilines is 1. The summed E-state index contributed by atoms with van der Waals surface area (Å²) in [5, 5.41) is 5.52. The Bertz CT molecular complexity index is 729. The van der Waals surface area contributed by atoms with Crippen molar-refractivity contribution in [2.24, 2.45) is 5.73 Å². The first-order valence-electron chi connectivity index (χ1n) is 8.17. The lowest BCUT2D eigenvalue weighted by Crippen LogP contribution is -2.31. The van der Waals surface area contributed by atoms with Gasteiger partial charge in [-0.2, -0.15) is 0 Å². The predicted octanol–water partition coefficient (Wildman–Crippen LogP) is 2.06. The number of rotatable bonds is 8. The zero-order chi connectivity index (χ0) is 18.9. The second-order valence-electron chi connectivity index (χ2n) is 5.73. The van der Waals surface area contributed by atoms with E-state index in [-0.39, 0.29) is 30.9 Å². The molecule has 0 fully saturated rings. The molecule has 0 aliphatic heterocycles. The maximum absolute atomic E-state index is 12.9. The van der Waals surface area contributed by atoms with Crippen molar-refractivity contribution in [2.45, 2.75) is 19.1 Å². The molecular formula is C19H22FN3O3. The van der Waals surface area contributed by atoms with Crippen LogP contribution in [-0.2, 0) is 16.1 Å². The minimum absolute atomic E-state index is 0.143. The zero-order valence-corrected chi connectivity index (χ0v) is 14.5. The molecule has 2 aromatic rings. The summed E-state index contributed by atoms with van der Waals surface area (Å²) in [4.78, 5) is 23.9. The summed E-state index contributed by atoms with van der Waals surface area (Å²) in [6.07, 6.45) is -0.0854. The molecule has 1 unspecified atom stereocenters. The number of methoxy groups -OCH3 is 1. The van der Waals surface area contributed by atoms with Gasteiger partial charge in [0.15, 0.2) is 0 Å². The molecule has 138 valence electrons. The Hall–Kier alpha value is -2.77. The van der Waals surface area contributed by atoms with E-state index in [0.717, 1.165) is 5.56 Å². The van der Waals surface area contributed by atoms with Gasteiger partial charge in [0.2, 0.25) is 5.91 Å². The van der Waals surface area contributed by atoms with Gasteiger partial charge in [-0.1, -0.05) is 12.1 Å². The fourth-order valence-electron chi connectivity index (χ4n) is 2.25. The smallest absolute Gasteiger partial charge is 0.255 e. The highest BCUT2D eigenvalue weighted by Crippen LogP contribution is 2.12. The average molecular weight is 359 g/mol. The summed E-state index contributed by atoms with van der Waals surface area (Å²) in [7, 11) is 1.52. The number of hydrogen-bond donors (Lipinski definition) is 3. The first kappa shape index (κ1) is 19.6. The van der Waals surface area contributed by atoms with Crippen LogP contribution >= 0.6 is 0 Å². The topological polar surface area (TPSA) is 93.4 Å². The summed E-state index contributed by atoms with van der Waals surface area (Å²) in [5.41, 5.74) is 7.35. The lowest BCUT2D eigenvalue weighted by atomic mass is 10.1. The number of carbonyl (C=O) groups is 2. The molecule has 0 aromatic heterocycles. The summed E-state index contributed by atoms with van der Waals surface area (Å²) in [6.45, 7) is 0.651. The van der Waals surface area contributed by atoms with E-state index in [9.17, 15) is 14.0 Å². The molecule has 0 saturated heterocycles. The van der Waals surface area contributed by atoms with Crippen molar-refractivity contribution in [1.29, 1.82) is 0 Å². The van der Waals surface area contributed by atoms with E-state index in [0.29, 0.717) is 17.8 Å². The third-order valence-electron chi connectivity index (χ3n) is 3.82. The molecule has 4 N–H and O–H groups in total. The Labute approximate surface area is 151 Å². The maximum atomic E-state index is 12.9. The van der Waals surface area contributed by atoms with Crippen LogP contribution in [0, 0.1) is 5.82 Å². The lowest BCUT2D eigenvalue weighted by Gasteiger charge is -2.12. The molecule has 7 heteroatoms. The fourth-order valence-corrected chi connectivity index (χ4v) is 2.25. The molecule has 0 radical (unpaired) electrons. The highest BCUT2D eigenvalue weighted by atomic mass is 19.1. The van der Waals surface area contributed by atoms with Gasteiger partial charge in [0.25, 0.3) is 5.91 Å². The zero-order valence-electron chi connectivity index (χ0n) is 14.5. The van der Waals surface area contributed by atoms with E-state index in [2.05, 4.69) is 10.6 Å².